The van der Waals surface area contributed by atoms with Crippen molar-refractivity contribution in [2.45, 2.75) is 39.5 Å². The standard InChI is InChI=1S/C37H36O/c1-6-21-38-36-34(22-26(2)23-35(36)37(3,4)5)31-20-14-13-19-30(31)29-24-32(27-15-9-7-10-16-27)33(25-29)28-17-11-8-12-18-28/h6-20,22-24H,1,21,25H2,2-5H3. The number of ether oxygens (including phenoxy) is 1. The molecule has 0 spiro atoms. The third kappa shape index (κ3) is 5.15. The van der Waals surface area contributed by atoms with E-state index in [1.165, 1.54) is 50.1 Å². The Kier molecular flexibility index (Phi) is 7.20. The molecule has 1 aliphatic rings. The topological polar surface area (TPSA) is 9.23 Å². The first kappa shape index (κ1) is 25.5. The highest BCUT2D eigenvalue weighted by Gasteiger charge is 2.26. The van der Waals surface area contributed by atoms with E-state index in [0.717, 1.165) is 17.7 Å². The van der Waals surface area contributed by atoms with Crippen molar-refractivity contribution in [3.63, 3.8) is 0 Å². The van der Waals surface area contributed by atoms with E-state index in [1.54, 1.807) is 0 Å². The van der Waals surface area contributed by atoms with E-state index in [9.17, 15) is 0 Å². The van der Waals surface area contributed by atoms with E-state index < -0.39 is 0 Å². The molecule has 4 aromatic carbocycles. The van der Waals surface area contributed by atoms with Crippen LogP contribution in [-0.2, 0) is 5.41 Å². The van der Waals surface area contributed by atoms with E-state index >= 15 is 0 Å². The lowest BCUT2D eigenvalue weighted by atomic mass is 9.82. The van der Waals surface area contributed by atoms with Crippen molar-refractivity contribution in [3.8, 4) is 16.9 Å². The summed E-state index contributed by atoms with van der Waals surface area (Å²) in [7, 11) is 0. The van der Waals surface area contributed by atoms with Crippen LogP contribution in [0.5, 0.6) is 5.75 Å². The fraction of sp³-hybridized carbons (Fsp3) is 0.189. The number of benzene rings is 4. The summed E-state index contributed by atoms with van der Waals surface area (Å²) in [4.78, 5) is 0. The smallest absolute Gasteiger partial charge is 0.131 e. The Bertz CT molecular complexity index is 1510. The summed E-state index contributed by atoms with van der Waals surface area (Å²) in [6, 6.07) is 34.8. The minimum absolute atomic E-state index is 0.0542. The Morgan fingerprint density at radius 3 is 2.00 bits per heavy atom. The molecule has 0 fully saturated rings. The quantitative estimate of drug-likeness (QED) is 0.231. The summed E-state index contributed by atoms with van der Waals surface area (Å²) in [6.45, 7) is 13.3. The van der Waals surface area contributed by atoms with Crippen molar-refractivity contribution in [2.24, 2.45) is 0 Å². The molecular weight excluding hydrogens is 460 g/mol. The fourth-order valence-electron chi connectivity index (χ4n) is 5.37. The van der Waals surface area contributed by atoms with Gasteiger partial charge in [-0.25, -0.2) is 0 Å². The van der Waals surface area contributed by atoms with E-state index in [0.29, 0.717) is 6.61 Å². The first-order valence-corrected chi connectivity index (χ1v) is 13.4. The monoisotopic (exact) mass is 496 g/mol. The second kappa shape index (κ2) is 10.7. The molecule has 38 heavy (non-hydrogen) atoms. The van der Waals surface area contributed by atoms with Crippen molar-refractivity contribution < 1.29 is 4.74 Å². The lowest BCUT2D eigenvalue weighted by Gasteiger charge is -2.26. The Balaban J connectivity index is 1.68. The Labute approximate surface area is 227 Å². The molecule has 4 aromatic rings. The summed E-state index contributed by atoms with van der Waals surface area (Å²) in [5, 5.41) is 0. The summed E-state index contributed by atoms with van der Waals surface area (Å²) < 4.78 is 6.40. The lowest BCUT2D eigenvalue weighted by molar-refractivity contribution is 0.352. The highest BCUT2D eigenvalue weighted by atomic mass is 16.5. The Morgan fingerprint density at radius 1 is 0.763 bits per heavy atom. The molecule has 0 amide bonds. The maximum Gasteiger partial charge on any atom is 0.131 e. The zero-order valence-corrected chi connectivity index (χ0v) is 22.9. The second-order valence-electron chi connectivity index (χ2n) is 11.1. The van der Waals surface area contributed by atoms with Crippen LogP contribution in [-0.4, -0.2) is 6.61 Å². The van der Waals surface area contributed by atoms with Gasteiger partial charge in [-0.3, -0.25) is 0 Å². The van der Waals surface area contributed by atoms with Crippen LogP contribution in [0.3, 0.4) is 0 Å². The van der Waals surface area contributed by atoms with Crippen LogP contribution in [0, 0.1) is 6.92 Å². The van der Waals surface area contributed by atoms with Gasteiger partial charge in [-0.05, 0) is 75.4 Å². The second-order valence-corrected chi connectivity index (χ2v) is 11.1. The summed E-state index contributed by atoms with van der Waals surface area (Å²) in [5.41, 5.74) is 12.5. The zero-order valence-electron chi connectivity index (χ0n) is 22.9. The van der Waals surface area contributed by atoms with E-state index in [1.807, 2.05) is 6.08 Å². The molecule has 0 aliphatic heterocycles. The molecule has 190 valence electrons. The number of hydrogen-bond donors (Lipinski definition) is 0. The molecule has 0 heterocycles. The molecule has 0 aromatic heterocycles. The van der Waals surface area contributed by atoms with Crippen LogP contribution >= 0.6 is 0 Å². The maximum absolute atomic E-state index is 6.40. The van der Waals surface area contributed by atoms with Crippen LogP contribution in [0.25, 0.3) is 27.8 Å². The van der Waals surface area contributed by atoms with E-state index in [2.05, 4.69) is 137 Å². The zero-order chi connectivity index (χ0) is 26.7. The third-order valence-corrected chi connectivity index (χ3v) is 7.17. The molecule has 1 nitrogen and oxygen atoms in total. The first-order valence-electron chi connectivity index (χ1n) is 13.4. The first-order chi connectivity index (χ1) is 18.4. The largest absolute Gasteiger partial charge is 0.489 e. The van der Waals surface area contributed by atoms with Gasteiger partial charge in [0.25, 0.3) is 0 Å². The number of allylic oxidation sites excluding steroid dienone is 4. The maximum atomic E-state index is 6.40. The van der Waals surface area contributed by atoms with Gasteiger partial charge in [-0.15, -0.1) is 0 Å². The summed E-state index contributed by atoms with van der Waals surface area (Å²) >= 11 is 0. The number of rotatable bonds is 7. The van der Waals surface area contributed by atoms with Gasteiger partial charge in [0, 0.05) is 11.1 Å². The van der Waals surface area contributed by atoms with Crippen molar-refractivity contribution in [1.29, 1.82) is 0 Å². The summed E-state index contributed by atoms with van der Waals surface area (Å²) in [6.07, 6.45) is 5.09. The van der Waals surface area contributed by atoms with Gasteiger partial charge in [0.15, 0.2) is 0 Å². The van der Waals surface area contributed by atoms with Gasteiger partial charge >= 0.3 is 0 Å². The van der Waals surface area contributed by atoms with E-state index in [-0.39, 0.29) is 5.41 Å². The van der Waals surface area contributed by atoms with Crippen LogP contribution in [0.15, 0.2) is 116 Å². The minimum atomic E-state index is -0.0542. The molecule has 0 saturated carbocycles. The minimum Gasteiger partial charge on any atom is -0.489 e. The van der Waals surface area contributed by atoms with Crippen molar-refractivity contribution in [1.82, 2.24) is 0 Å². The molecule has 0 atom stereocenters. The van der Waals surface area contributed by atoms with Gasteiger partial charge in [0.1, 0.15) is 12.4 Å². The fourth-order valence-corrected chi connectivity index (χ4v) is 5.37. The van der Waals surface area contributed by atoms with Gasteiger partial charge in [-0.1, -0.05) is 124 Å². The molecule has 0 radical (unpaired) electrons. The van der Waals surface area contributed by atoms with Gasteiger partial charge in [0.2, 0.25) is 0 Å². The van der Waals surface area contributed by atoms with Crippen molar-refractivity contribution in [3.05, 3.63) is 144 Å². The van der Waals surface area contributed by atoms with Crippen LogP contribution < -0.4 is 4.74 Å². The van der Waals surface area contributed by atoms with Crippen LogP contribution in [0.4, 0.5) is 0 Å². The van der Waals surface area contributed by atoms with Crippen molar-refractivity contribution in [2.75, 3.05) is 6.61 Å². The average molecular weight is 497 g/mol. The average Bonchev–Trinajstić information content (AvgIpc) is 3.38. The lowest BCUT2D eigenvalue weighted by Crippen LogP contribution is -2.15. The third-order valence-electron chi connectivity index (χ3n) is 7.17. The predicted octanol–water partition coefficient (Wildman–Crippen LogP) is 9.92. The van der Waals surface area contributed by atoms with Gasteiger partial charge in [-0.2, -0.15) is 0 Å². The highest BCUT2D eigenvalue weighted by molar-refractivity contribution is 6.08. The number of hydrogen-bond acceptors (Lipinski definition) is 1. The molecule has 5 rings (SSSR count). The molecule has 0 N–H and O–H groups in total. The molecule has 1 aliphatic carbocycles. The van der Waals surface area contributed by atoms with Gasteiger partial charge in [0.05, 0.1) is 0 Å². The van der Waals surface area contributed by atoms with Crippen molar-refractivity contribution >= 4 is 16.7 Å². The molecule has 0 saturated heterocycles. The van der Waals surface area contributed by atoms with E-state index in [4.69, 9.17) is 4.74 Å². The predicted molar refractivity (Wildman–Crippen MR) is 163 cm³/mol. The SMILES string of the molecule is C=CCOc1c(-c2ccccc2C2=CC(c3ccccc3)=C(c3ccccc3)C2)cc(C)cc1C(C)(C)C. The van der Waals surface area contributed by atoms with Crippen LogP contribution in [0.2, 0.25) is 0 Å². The van der Waals surface area contributed by atoms with Gasteiger partial charge < -0.3 is 4.74 Å². The van der Waals surface area contributed by atoms with Crippen LogP contribution in [0.1, 0.15) is 55.0 Å². The highest BCUT2D eigenvalue weighted by Crippen LogP contribution is 2.47. The Morgan fingerprint density at radius 2 is 1.37 bits per heavy atom. The molecule has 1 heteroatoms. The normalized spacial score (nSPS) is 13.4. The molecule has 0 unspecified atom stereocenters. The summed E-state index contributed by atoms with van der Waals surface area (Å²) in [5.74, 6) is 0.952. The Hall–Kier alpha value is -4.10. The molecular formula is C37H36O. The number of aryl methyl sites for hydroxylation is 1. The molecule has 0 bridgehead atoms.